The van der Waals surface area contributed by atoms with Crippen LogP contribution in [0.5, 0.6) is 11.5 Å². The lowest BCUT2D eigenvalue weighted by Crippen LogP contribution is -2.43. The van der Waals surface area contributed by atoms with E-state index in [1.165, 1.54) is 25.5 Å². The normalized spacial score (nSPS) is 20.8. The van der Waals surface area contributed by atoms with Crippen LogP contribution in [0.1, 0.15) is 38.2 Å². The Morgan fingerprint density at radius 3 is 2.50 bits per heavy atom. The molecule has 2 aromatic carbocycles. The van der Waals surface area contributed by atoms with Crippen molar-refractivity contribution in [1.29, 1.82) is 0 Å². The molecule has 1 amide bonds. The smallest absolute Gasteiger partial charge is 0.221 e. The van der Waals surface area contributed by atoms with Gasteiger partial charge in [-0.3, -0.25) is 4.79 Å². The second kappa shape index (κ2) is 11.0. The largest absolute Gasteiger partial charge is 0.508 e. The standard InChI is InChI=1S/C16H25NO2.C8H9NO2/c1-17(2)12-14-7-4-5-10-16(14,18)13-8-6-9-15(11-13)19-3;1-6(10)9-7-2-4-8(11)5-3-7/h6,8-9,11,14,18H,4-5,7,10,12H2,1-3H3;2-5,11H,1H3,(H,9,10)/t14-,16+;/m1./s1. The Morgan fingerprint density at radius 2 is 1.90 bits per heavy atom. The summed E-state index contributed by atoms with van der Waals surface area (Å²) in [4.78, 5) is 12.7. The van der Waals surface area contributed by atoms with Gasteiger partial charge in [0.25, 0.3) is 0 Å². The lowest BCUT2D eigenvalue weighted by molar-refractivity contribution is -0.114. The number of hydrogen-bond acceptors (Lipinski definition) is 5. The zero-order valence-electron chi connectivity index (χ0n) is 18.4. The van der Waals surface area contributed by atoms with Crippen molar-refractivity contribution in [1.82, 2.24) is 4.90 Å². The number of aromatic hydroxyl groups is 1. The highest BCUT2D eigenvalue weighted by Crippen LogP contribution is 2.42. The van der Waals surface area contributed by atoms with Gasteiger partial charge in [0.15, 0.2) is 0 Å². The van der Waals surface area contributed by atoms with E-state index in [1.54, 1.807) is 19.2 Å². The molecule has 0 saturated heterocycles. The monoisotopic (exact) mass is 414 g/mol. The maximum Gasteiger partial charge on any atom is 0.221 e. The van der Waals surface area contributed by atoms with E-state index in [2.05, 4.69) is 24.3 Å². The van der Waals surface area contributed by atoms with Gasteiger partial charge in [0.1, 0.15) is 11.5 Å². The van der Waals surface area contributed by atoms with Crippen LogP contribution in [0.2, 0.25) is 0 Å². The van der Waals surface area contributed by atoms with Gasteiger partial charge in [-0.25, -0.2) is 0 Å². The summed E-state index contributed by atoms with van der Waals surface area (Å²) in [6.07, 6.45) is 4.24. The van der Waals surface area contributed by atoms with Crippen LogP contribution in [-0.2, 0) is 10.4 Å². The minimum Gasteiger partial charge on any atom is -0.508 e. The Bertz CT molecular complexity index is 807. The van der Waals surface area contributed by atoms with Crippen LogP contribution in [0, 0.1) is 5.92 Å². The fourth-order valence-electron chi connectivity index (χ4n) is 3.93. The Kier molecular flexibility index (Phi) is 8.69. The summed E-state index contributed by atoms with van der Waals surface area (Å²) < 4.78 is 5.29. The average molecular weight is 415 g/mol. The molecular formula is C24H34N2O4. The van der Waals surface area contributed by atoms with Crippen molar-refractivity contribution in [2.75, 3.05) is 33.1 Å². The number of amides is 1. The van der Waals surface area contributed by atoms with E-state index in [-0.39, 0.29) is 11.7 Å². The number of nitrogens with zero attached hydrogens (tertiary/aromatic N) is 1. The molecule has 0 radical (unpaired) electrons. The van der Waals surface area contributed by atoms with Crippen LogP contribution in [0.3, 0.4) is 0 Å². The first kappa shape index (κ1) is 23.7. The van der Waals surface area contributed by atoms with E-state index in [0.717, 1.165) is 37.1 Å². The van der Waals surface area contributed by atoms with E-state index >= 15 is 0 Å². The molecule has 30 heavy (non-hydrogen) atoms. The predicted octanol–water partition coefficient (Wildman–Crippen LogP) is 3.99. The van der Waals surface area contributed by atoms with Gasteiger partial charge in [0.2, 0.25) is 5.91 Å². The first-order valence-corrected chi connectivity index (χ1v) is 10.3. The average Bonchev–Trinajstić information content (AvgIpc) is 2.71. The summed E-state index contributed by atoms with van der Waals surface area (Å²) in [6, 6.07) is 14.2. The van der Waals surface area contributed by atoms with Gasteiger partial charge in [-0.15, -0.1) is 0 Å². The third kappa shape index (κ3) is 6.75. The number of carbonyl (C=O) groups is 1. The number of nitrogens with one attached hydrogen (secondary N) is 1. The number of phenolic OH excluding ortho intramolecular Hbond substituents is 1. The number of benzene rings is 2. The summed E-state index contributed by atoms with van der Waals surface area (Å²) in [5.74, 6) is 1.19. The van der Waals surface area contributed by atoms with E-state index in [9.17, 15) is 9.90 Å². The van der Waals surface area contributed by atoms with Crippen molar-refractivity contribution < 1.29 is 19.7 Å². The van der Waals surface area contributed by atoms with Crippen LogP contribution in [0.15, 0.2) is 48.5 Å². The molecule has 3 rings (SSSR count). The third-order valence-electron chi connectivity index (χ3n) is 5.38. The number of carbonyl (C=O) groups excluding carboxylic acids is 1. The number of ether oxygens (including phenoxy) is 1. The Morgan fingerprint density at radius 1 is 1.20 bits per heavy atom. The fourth-order valence-corrected chi connectivity index (χ4v) is 3.93. The fraction of sp³-hybridized carbons (Fsp3) is 0.458. The van der Waals surface area contributed by atoms with Crippen LogP contribution >= 0.6 is 0 Å². The summed E-state index contributed by atoms with van der Waals surface area (Å²) in [7, 11) is 5.81. The molecule has 1 fully saturated rings. The van der Waals surface area contributed by atoms with Crippen molar-refractivity contribution >= 4 is 11.6 Å². The quantitative estimate of drug-likeness (QED) is 0.645. The summed E-state index contributed by atoms with van der Waals surface area (Å²) in [6.45, 7) is 2.36. The summed E-state index contributed by atoms with van der Waals surface area (Å²) >= 11 is 0. The molecule has 164 valence electrons. The number of aliphatic hydroxyl groups is 1. The summed E-state index contributed by atoms with van der Waals surface area (Å²) in [5, 5.41) is 22.6. The molecule has 6 heteroatoms. The number of phenols is 1. The molecule has 0 aromatic heterocycles. The van der Waals surface area contributed by atoms with Crippen molar-refractivity contribution in [2.45, 2.75) is 38.2 Å². The van der Waals surface area contributed by atoms with E-state index in [0.29, 0.717) is 11.6 Å². The van der Waals surface area contributed by atoms with Gasteiger partial charge >= 0.3 is 0 Å². The first-order chi connectivity index (χ1) is 14.2. The first-order valence-electron chi connectivity index (χ1n) is 10.3. The van der Waals surface area contributed by atoms with Gasteiger partial charge in [-0.05, 0) is 68.9 Å². The molecular weight excluding hydrogens is 380 g/mol. The van der Waals surface area contributed by atoms with Crippen molar-refractivity contribution in [3.63, 3.8) is 0 Å². The minimum atomic E-state index is -0.711. The highest BCUT2D eigenvalue weighted by atomic mass is 16.5. The molecule has 0 aliphatic heterocycles. The zero-order valence-corrected chi connectivity index (χ0v) is 18.4. The number of rotatable bonds is 5. The van der Waals surface area contributed by atoms with Gasteiger partial charge in [-0.1, -0.05) is 25.0 Å². The van der Waals surface area contributed by atoms with E-state index < -0.39 is 5.60 Å². The lowest BCUT2D eigenvalue weighted by atomic mass is 9.71. The molecule has 3 N–H and O–H groups in total. The van der Waals surface area contributed by atoms with Crippen LogP contribution in [0.25, 0.3) is 0 Å². The van der Waals surface area contributed by atoms with Crippen molar-refractivity contribution in [2.24, 2.45) is 5.92 Å². The number of anilines is 1. The van der Waals surface area contributed by atoms with Crippen molar-refractivity contribution in [3.05, 3.63) is 54.1 Å². The highest BCUT2D eigenvalue weighted by Gasteiger charge is 2.40. The molecule has 2 aromatic rings. The Balaban J connectivity index is 0.000000248. The number of methoxy groups -OCH3 is 1. The minimum absolute atomic E-state index is 0.115. The molecule has 6 nitrogen and oxygen atoms in total. The van der Waals surface area contributed by atoms with Gasteiger partial charge in [-0.2, -0.15) is 0 Å². The second-order valence-electron chi connectivity index (χ2n) is 8.09. The zero-order chi connectivity index (χ0) is 22.1. The molecule has 0 heterocycles. The molecule has 0 unspecified atom stereocenters. The van der Waals surface area contributed by atoms with Gasteiger partial charge in [0, 0.05) is 25.1 Å². The highest BCUT2D eigenvalue weighted by molar-refractivity contribution is 5.88. The molecule has 0 spiro atoms. The van der Waals surface area contributed by atoms with E-state index in [4.69, 9.17) is 9.84 Å². The number of hydrogen-bond donors (Lipinski definition) is 3. The predicted molar refractivity (Wildman–Crippen MR) is 120 cm³/mol. The van der Waals surface area contributed by atoms with E-state index in [1.807, 2.05) is 24.3 Å². The lowest BCUT2D eigenvalue weighted by Gasteiger charge is -2.41. The topological polar surface area (TPSA) is 82.0 Å². The van der Waals surface area contributed by atoms with Crippen LogP contribution in [0.4, 0.5) is 5.69 Å². The van der Waals surface area contributed by atoms with Crippen molar-refractivity contribution in [3.8, 4) is 11.5 Å². The third-order valence-corrected chi connectivity index (χ3v) is 5.38. The molecule has 1 aliphatic rings. The molecule has 1 saturated carbocycles. The molecule has 1 aliphatic carbocycles. The second-order valence-corrected chi connectivity index (χ2v) is 8.09. The van der Waals surface area contributed by atoms with Crippen LogP contribution < -0.4 is 10.1 Å². The summed E-state index contributed by atoms with van der Waals surface area (Å²) in [5.41, 5.74) is 0.977. The van der Waals surface area contributed by atoms with Crippen LogP contribution in [-0.4, -0.2) is 48.8 Å². The molecule has 0 bridgehead atoms. The van der Waals surface area contributed by atoms with Gasteiger partial charge in [0.05, 0.1) is 12.7 Å². The SMILES string of the molecule is CC(=O)Nc1ccc(O)cc1.COc1cccc([C@@]2(O)CCCC[C@@H]2CN(C)C)c1. The Hall–Kier alpha value is -2.57. The maximum absolute atomic E-state index is 11.2. The maximum atomic E-state index is 11.2. The Labute approximate surface area is 179 Å². The molecule has 2 atom stereocenters. The van der Waals surface area contributed by atoms with Gasteiger partial charge < -0.3 is 25.2 Å².